The molecule has 2 rings (SSSR count). The molecule has 2 N–H and O–H groups in total. The monoisotopic (exact) mass is 347 g/mol. The third-order valence-corrected chi connectivity index (χ3v) is 3.45. The van der Waals surface area contributed by atoms with Crippen molar-refractivity contribution in [1.29, 1.82) is 0 Å². The van der Waals surface area contributed by atoms with Crippen molar-refractivity contribution in [3.05, 3.63) is 52.6 Å². The van der Waals surface area contributed by atoms with E-state index in [1.165, 1.54) is 5.56 Å². The summed E-state index contributed by atoms with van der Waals surface area (Å²) in [5.41, 5.74) is 2.07. The van der Waals surface area contributed by atoms with Crippen LogP contribution in [0.4, 0.5) is 16.3 Å². The summed E-state index contributed by atoms with van der Waals surface area (Å²) in [6.07, 6.45) is 1.63. The van der Waals surface area contributed by atoms with E-state index in [9.17, 15) is 4.79 Å². The van der Waals surface area contributed by atoms with Gasteiger partial charge in [-0.25, -0.2) is 9.78 Å². The molecule has 4 nitrogen and oxygen atoms in total. The SMILES string of the molecule is CC(C)(C)c1ccc(NC(=O)Nc2ccc(Br)cn2)cc1. The molecule has 0 radical (unpaired) electrons. The van der Waals surface area contributed by atoms with Crippen LogP contribution in [0.15, 0.2) is 47.1 Å². The second-order valence-electron chi connectivity index (χ2n) is 5.77. The molecular weight excluding hydrogens is 330 g/mol. The van der Waals surface area contributed by atoms with Crippen LogP contribution in [-0.4, -0.2) is 11.0 Å². The van der Waals surface area contributed by atoms with Crippen LogP contribution < -0.4 is 10.6 Å². The smallest absolute Gasteiger partial charge is 0.308 e. The predicted octanol–water partition coefficient (Wildman–Crippen LogP) is 4.79. The van der Waals surface area contributed by atoms with Crippen molar-refractivity contribution in [2.75, 3.05) is 10.6 Å². The lowest BCUT2D eigenvalue weighted by molar-refractivity contribution is 0.262. The van der Waals surface area contributed by atoms with Crippen molar-refractivity contribution in [2.45, 2.75) is 26.2 Å². The number of urea groups is 1. The predicted molar refractivity (Wildman–Crippen MR) is 89.7 cm³/mol. The van der Waals surface area contributed by atoms with Crippen LogP contribution >= 0.6 is 15.9 Å². The van der Waals surface area contributed by atoms with Gasteiger partial charge in [-0.15, -0.1) is 0 Å². The molecule has 2 aromatic rings. The van der Waals surface area contributed by atoms with E-state index in [1.54, 1.807) is 12.3 Å². The van der Waals surface area contributed by atoms with E-state index in [0.29, 0.717) is 5.82 Å². The third kappa shape index (κ3) is 4.56. The van der Waals surface area contributed by atoms with Crippen molar-refractivity contribution < 1.29 is 4.79 Å². The van der Waals surface area contributed by atoms with E-state index >= 15 is 0 Å². The van der Waals surface area contributed by atoms with Gasteiger partial charge in [0.05, 0.1) is 0 Å². The number of anilines is 2. The lowest BCUT2D eigenvalue weighted by atomic mass is 9.87. The van der Waals surface area contributed by atoms with Crippen LogP contribution in [0.25, 0.3) is 0 Å². The summed E-state index contributed by atoms with van der Waals surface area (Å²) in [5, 5.41) is 5.46. The van der Waals surface area contributed by atoms with Gasteiger partial charge in [0.15, 0.2) is 0 Å². The molecule has 5 heteroatoms. The molecule has 1 aromatic carbocycles. The van der Waals surface area contributed by atoms with Crippen LogP contribution in [0.1, 0.15) is 26.3 Å². The molecule has 0 aliphatic rings. The second kappa shape index (κ2) is 6.26. The zero-order valence-electron chi connectivity index (χ0n) is 12.3. The van der Waals surface area contributed by atoms with E-state index in [-0.39, 0.29) is 11.4 Å². The molecular formula is C16H18BrN3O. The molecule has 0 unspecified atom stereocenters. The maximum Gasteiger partial charge on any atom is 0.324 e. The molecule has 1 heterocycles. The Bertz CT molecular complexity index is 615. The first-order valence-corrected chi connectivity index (χ1v) is 7.44. The third-order valence-electron chi connectivity index (χ3n) is 2.98. The molecule has 0 saturated heterocycles. The van der Waals surface area contributed by atoms with Crippen molar-refractivity contribution in [3.63, 3.8) is 0 Å². The van der Waals surface area contributed by atoms with Crippen molar-refractivity contribution >= 4 is 33.5 Å². The normalized spacial score (nSPS) is 11.0. The maximum atomic E-state index is 11.9. The van der Waals surface area contributed by atoms with Crippen LogP contribution in [-0.2, 0) is 5.41 Å². The number of carbonyl (C=O) groups is 1. The van der Waals surface area contributed by atoms with Crippen molar-refractivity contribution in [3.8, 4) is 0 Å². The number of halogens is 1. The zero-order valence-corrected chi connectivity index (χ0v) is 13.9. The van der Waals surface area contributed by atoms with Crippen molar-refractivity contribution in [2.24, 2.45) is 0 Å². The van der Waals surface area contributed by atoms with Crippen molar-refractivity contribution in [1.82, 2.24) is 4.98 Å². The first kappa shape index (κ1) is 15.5. The highest BCUT2D eigenvalue weighted by Crippen LogP contribution is 2.23. The molecule has 0 atom stereocenters. The molecule has 0 bridgehead atoms. The Morgan fingerprint density at radius 2 is 1.71 bits per heavy atom. The highest BCUT2D eigenvalue weighted by atomic mass is 79.9. The Morgan fingerprint density at radius 1 is 1.05 bits per heavy atom. The fourth-order valence-corrected chi connectivity index (χ4v) is 2.02. The van der Waals surface area contributed by atoms with E-state index in [0.717, 1.165) is 10.2 Å². The number of amides is 2. The van der Waals surface area contributed by atoms with Gasteiger partial charge in [0.1, 0.15) is 5.82 Å². The van der Waals surface area contributed by atoms with Gasteiger partial charge < -0.3 is 5.32 Å². The number of carbonyl (C=O) groups excluding carboxylic acids is 1. The summed E-state index contributed by atoms with van der Waals surface area (Å²) < 4.78 is 0.867. The summed E-state index contributed by atoms with van der Waals surface area (Å²) in [5.74, 6) is 0.502. The molecule has 110 valence electrons. The number of aromatic nitrogens is 1. The minimum absolute atomic E-state index is 0.0993. The molecule has 1 aromatic heterocycles. The Labute approximate surface area is 133 Å². The van der Waals surface area contributed by atoms with Crippen LogP contribution in [0.5, 0.6) is 0 Å². The summed E-state index contributed by atoms with van der Waals surface area (Å²) >= 11 is 3.30. The van der Waals surface area contributed by atoms with Crippen LogP contribution in [0.3, 0.4) is 0 Å². The largest absolute Gasteiger partial charge is 0.324 e. The van der Waals surface area contributed by atoms with Gasteiger partial charge in [-0.05, 0) is 51.2 Å². The average molecular weight is 348 g/mol. The van der Waals surface area contributed by atoms with Gasteiger partial charge in [-0.1, -0.05) is 32.9 Å². The fraction of sp³-hybridized carbons (Fsp3) is 0.250. The molecule has 0 aliphatic carbocycles. The Kier molecular flexibility index (Phi) is 4.63. The molecule has 0 saturated carbocycles. The van der Waals surface area contributed by atoms with Gasteiger partial charge >= 0.3 is 6.03 Å². The number of hydrogen-bond donors (Lipinski definition) is 2. The molecule has 2 amide bonds. The minimum atomic E-state index is -0.312. The van der Waals surface area contributed by atoms with Gasteiger partial charge in [0, 0.05) is 16.4 Å². The Balaban J connectivity index is 1.98. The first-order chi connectivity index (χ1) is 9.84. The molecule has 21 heavy (non-hydrogen) atoms. The average Bonchev–Trinajstić information content (AvgIpc) is 2.41. The first-order valence-electron chi connectivity index (χ1n) is 6.65. The van der Waals surface area contributed by atoms with Gasteiger partial charge in [0.2, 0.25) is 0 Å². The number of pyridine rings is 1. The summed E-state index contributed by atoms with van der Waals surface area (Å²) in [6.45, 7) is 6.46. The maximum absolute atomic E-state index is 11.9. The van der Waals surface area contributed by atoms with E-state index in [4.69, 9.17) is 0 Å². The lowest BCUT2D eigenvalue weighted by Gasteiger charge is -2.19. The molecule has 0 aliphatic heterocycles. The number of rotatable bonds is 2. The van der Waals surface area contributed by atoms with Crippen LogP contribution in [0, 0.1) is 0 Å². The fourth-order valence-electron chi connectivity index (χ4n) is 1.78. The van der Waals surface area contributed by atoms with Gasteiger partial charge in [-0.2, -0.15) is 0 Å². The molecule has 0 fully saturated rings. The zero-order chi connectivity index (χ0) is 15.5. The highest BCUT2D eigenvalue weighted by Gasteiger charge is 2.13. The number of hydrogen-bond acceptors (Lipinski definition) is 2. The van der Waals surface area contributed by atoms with E-state index in [1.807, 2.05) is 30.3 Å². The highest BCUT2D eigenvalue weighted by molar-refractivity contribution is 9.10. The number of benzene rings is 1. The minimum Gasteiger partial charge on any atom is -0.308 e. The summed E-state index contributed by atoms with van der Waals surface area (Å²) in [6, 6.07) is 11.1. The van der Waals surface area contributed by atoms with Crippen LogP contribution in [0.2, 0.25) is 0 Å². The quantitative estimate of drug-likeness (QED) is 0.820. The number of nitrogens with zero attached hydrogens (tertiary/aromatic N) is 1. The van der Waals surface area contributed by atoms with Gasteiger partial charge in [0.25, 0.3) is 0 Å². The summed E-state index contributed by atoms with van der Waals surface area (Å²) in [7, 11) is 0. The Hall–Kier alpha value is -1.88. The van der Waals surface area contributed by atoms with Gasteiger partial charge in [-0.3, -0.25) is 5.32 Å². The number of nitrogens with one attached hydrogen (secondary N) is 2. The lowest BCUT2D eigenvalue weighted by Crippen LogP contribution is -2.20. The summed E-state index contributed by atoms with van der Waals surface area (Å²) in [4.78, 5) is 16.0. The van der Waals surface area contributed by atoms with E-state index in [2.05, 4.69) is 52.3 Å². The molecule has 0 spiro atoms. The Morgan fingerprint density at radius 3 is 2.24 bits per heavy atom. The standard InChI is InChI=1S/C16H18BrN3O/c1-16(2,3)11-4-7-13(8-5-11)19-15(21)20-14-9-6-12(17)10-18-14/h4-10H,1-3H3,(H2,18,19,20,21). The van der Waals surface area contributed by atoms with E-state index < -0.39 is 0 Å². The second-order valence-corrected chi connectivity index (χ2v) is 6.68. The topological polar surface area (TPSA) is 54.0 Å².